The monoisotopic (exact) mass is 307 g/mol. The summed E-state index contributed by atoms with van der Waals surface area (Å²) < 4.78 is 0.906. The zero-order chi connectivity index (χ0) is 13.0. The third-order valence-corrected chi connectivity index (χ3v) is 2.68. The van der Waals surface area contributed by atoms with Crippen molar-refractivity contribution < 1.29 is 0 Å². The van der Waals surface area contributed by atoms with Crippen LogP contribution in [0.5, 0.6) is 0 Å². The van der Waals surface area contributed by atoms with Gasteiger partial charge in [0, 0.05) is 23.2 Å². The van der Waals surface area contributed by atoms with E-state index in [9.17, 15) is 0 Å². The molecule has 0 aliphatic rings. The Morgan fingerprint density at radius 3 is 2.83 bits per heavy atom. The molecule has 94 valence electrons. The van der Waals surface area contributed by atoms with E-state index in [1.54, 1.807) is 18.5 Å². The third kappa shape index (κ3) is 3.40. The molecule has 18 heavy (non-hydrogen) atoms. The minimum atomic E-state index is 0.471. The highest BCUT2D eigenvalue weighted by Crippen LogP contribution is 2.19. The number of nitrogen functional groups attached to an aromatic ring is 1. The first-order valence-electron chi connectivity index (χ1n) is 5.68. The predicted octanol–water partition coefficient (Wildman–Crippen LogP) is 2.91. The second kappa shape index (κ2) is 5.77. The zero-order valence-corrected chi connectivity index (χ0v) is 11.6. The normalized spacial score (nSPS) is 10.3. The third-order valence-electron chi connectivity index (χ3n) is 2.24. The molecule has 0 unspecified atom stereocenters. The Labute approximate surface area is 114 Å². The quantitative estimate of drug-likeness (QED) is 0.908. The molecule has 0 atom stereocenters. The molecule has 0 saturated carbocycles. The molecule has 0 fully saturated rings. The predicted molar refractivity (Wildman–Crippen MR) is 75.7 cm³/mol. The highest BCUT2D eigenvalue weighted by molar-refractivity contribution is 9.10. The summed E-state index contributed by atoms with van der Waals surface area (Å²) in [5.74, 6) is 1.91. The molecule has 0 aliphatic carbocycles. The van der Waals surface area contributed by atoms with Gasteiger partial charge in [0.1, 0.15) is 17.5 Å². The summed E-state index contributed by atoms with van der Waals surface area (Å²) in [4.78, 5) is 12.7. The van der Waals surface area contributed by atoms with Crippen molar-refractivity contribution in [3.8, 4) is 0 Å². The Bertz CT molecular complexity index is 544. The first-order chi connectivity index (χ1) is 8.67. The number of anilines is 3. The van der Waals surface area contributed by atoms with E-state index in [1.807, 2.05) is 6.07 Å². The van der Waals surface area contributed by atoms with Crippen LogP contribution in [-0.2, 0) is 6.42 Å². The van der Waals surface area contributed by atoms with Crippen LogP contribution < -0.4 is 11.1 Å². The number of rotatable bonds is 4. The van der Waals surface area contributed by atoms with Gasteiger partial charge in [-0.25, -0.2) is 9.97 Å². The van der Waals surface area contributed by atoms with Gasteiger partial charge >= 0.3 is 0 Å². The second-order valence-electron chi connectivity index (χ2n) is 3.86. The summed E-state index contributed by atoms with van der Waals surface area (Å²) in [7, 11) is 0. The van der Waals surface area contributed by atoms with E-state index < -0.39 is 0 Å². The lowest BCUT2D eigenvalue weighted by atomic mass is 10.3. The molecule has 0 saturated heterocycles. The average molecular weight is 308 g/mol. The van der Waals surface area contributed by atoms with Crippen LogP contribution in [0, 0.1) is 0 Å². The van der Waals surface area contributed by atoms with Crippen LogP contribution in [0.2, 0.25) is 0 Å². The summed E-state index contributed by atoms with van der Waals surface area (Å²) in [6, 6.07) is 3.63. The van der Waals surface area contributed by atoms with Crippen LogP contribution in [0.25, 0.3) is 0 Å². The zero-order valence-electron chi connectivity index (χ0n) is 10.0. The van der Waals surface area contributed by atoms with Crippen molar-refractivity contribution in [3.63, 3.8) is 0 Å². The number of nitrogens with one attached hydrogen (secondary N) is 1. The van der Waals surface area contributed by atoms with Gasteiger partial charge in [-0.2, -0.15) is 0 Å². The molecular formula is C12H14BrN5. The highest BCUT2D eigenvalue weighted by Gasteiger charge is 2.03. The fourth-order valence-corrected chi connectivity index (χ4v) is 1.91. The topological polar surface area (TPSA) is 76.7 Å². The van der Waals surface area contributed by atoms with Crippen molar-refractivity contribution >= 4 is 33.3 Å². The molecule has 6 heteroatoms. The van der Waals surface area contributed by atoms with E-state index in [2.05, 4.69) is 43.1 Å². The molecule has 0 bridgehead atoms. The van der Waals surface area contributed by atoms with Crippen LogP contribution >= 0.6 is 15.9 Å². The van der Waals surface area contributed by atoms with Gasteiger partial charge in [-0.1, -0.05) is 6.92 Å². The smallest absolute Gasteiger partial charge is 0.136 e. The van der Waals surface area contributed by atoms with Gasteiger partial charge in [0.05, 0.1) is 11.9 Å². The summed E-state index contributed by atoms with van der Waals surface area (Å²) in [6.45, 7) is 2.08. The van der Waals surface area contributed by atoms with E-state index in [-0.39, 0.29) is 0 Å². The van der Waals surface area contributed by atoms with E-state index in [0.29, 0.717) is 11.6 Å². The number of aryl methyl sites for hydroxylation is 1. The molecule has 2 rings (SSSR count). The molecule has 2 aromatic heterocycles. The molecular weight excluding hydrogens is 294 g/mol. The van der Waals surface area contributed by atoms with Crippen LogP contribution in [0.1, 0.15) is 19.2 Å². The summed E-state index contributed by atoms with van der Waals surface area (Å²) >= 11 is 3.37. The molecule has 2 heterocycles. The Balaban J connectivity index is 2.23. The Kier molecular flexibility index (Phi) is 4.09. The fraction of sp³-hybridized carbons (Fsp3) is 0.250. The summed E-state index contributed by atoms with van der Waals surface area (Å²) in [6.07, 6.45) is 5.25. The van der Waals surface area contributed by atoms with Crippen molar-refractivity contribution in [1.82, 2.24) is 15.0 Å². The minimum absolute atomic E-state index is 0.471. The SMILES string of the molecule is CCCc1nc(N)cc(Nc2cncc(Br)c2)n1. The van der Waals surface area contributed by atoms with Crippen molar-refractivity contribution in [1.29, 1.82) is 0 Å². The average Bonchev–Trinajstić information content (AvgIpc) is 2.28. The van der Waals surface area contributed by atoms with Crippen LogP contribution in [0.15, 0.2) is 29.0 Å². The number of nitrogens with two attached hydrogens (primary N) is 1. The molecule has 5 nitrogen and oxygen atoms in total. The van der Waals surface area contributed by atoms with Crippen LogP contribution in [0.4, 0.5) is 17.3 Å². The van der Waals surface area contributed by atoms with Gasteiger partial charge in [-0.05, 0) is 28.4 Å². The lowest BCUT2D eigenvalue weighted by Gasteiger charge is -2.08. The molecule has 0 amide bonds. The largest absolute Gasteiger partial charge is 0.384 e. The molecule has 0 aliphatic heterocycles. The molecule has 0 spiro atoms. The van der Waals surface area contributed by atoms with Gasteiger partial charge in [-0.15, -0.1) is 0 Å². The van der Waals surface area contributed by atoms with Crippen molar-refractivity contribution in [2.24, 2.45) is 0 Å². The molecule has 0 aromatic carbocycles. The first-order valence-corrected chi connectivity index (χ1v) is 6.47. The molecule has 3 N–H and O–H groups in total. The minimum Gasteiger partial charge on any atom is -0.384 e. The Morgan fingerprint density at radius 2 is 2.11 bits per heavy atom. The second-order valence-corrected chi connectivity index (χ2v) is 4.78. The van der Waals surface area contributed by atoms with Crippen molar-refractivity contribution in [3.05, 3.63) is 34.8 Å². The van der Waals surface area contributed by atoms with Gasteiger partial charge in [0.25, 0.3) is 0 Å². The number of halogens is 1. The van der Waals surface area contributed by atoms with Crippen LogP contribution in [0.3, 0.4) is 0 Å². The maximum Gasteiger partial charge on any atom is 0.136 e. The van der Waals surface area contributed by atoms with Gasteiger partial charge in [-0.3, -0.25) is 4.98 Å². The van der Waals surface area contributed by atoms with Crippen molar-refractivity contribution in [2.75, 3.05) is 11.1 Å². The van der Waals surface area contributed by atoms with E-state index in [0.717, 1.165) is 28.8 Å². The van der Waals surface area contributed by atoms with Gasteiger partial charge in [0.2, 0.25) is 0 Å². The maximum absolute atomic E-state index is 5.76. The Hall–Kier alpha value is -1.69. The van der Waals surface area contributed by atoms with E-state index in [4.69, 9.17) is 5.73 Å². The number of hydrogen-bond acceptors (Lipinski definition) is 5. The number of pyridine rings is 1. The molecule has 2 aromatic rings. The number of aromatic nitrogens is 3. The highest BCUT2D eigenvalue weighted by atomic mass is 79.9. The maximum atomic E-state index is 5.76. The first kappa shape index (κ1) is 12.8. The summed E-state index contributed by atoms with van der Waals surface area (Å²) in [5.41, 5.74) is 6.61. The van der Waals surface area contributed by atoms with Crippen molar-refractivity contribution in [2.45, 2.75) is 19.8 Å². The number of nitrogens with zero attached hydrogens (tertiary/aromatic N) is 3. The van der Waals surface area contributed by atoms with E-state index >= 15 is 0 Å². The lowest BCUT2D eigenvalue weighted by molar-refractivity contribution is 0.839. The van der Waals surface area contributed by atoms with E-state index in [1.165, 1.54) is 0 Å². The van der Waals surface area contributed by atoms with Gasteiger partial charge < -0.3 is 11.1 Å². The van der Waals surface area contributed by atoms with Gasteiger partial charge in [0.15, 0.2) is 0 Å². The standard InChI is InChI=1S/C12H14BrN5/c1-2-3-11-17-10(14)5-12(18-11)16-9-4-8(13)6-15-7-9/h4-7H,2-3H2,1H3,(H3,14,16,17,18). The molecule has 0 radical (unpaired) electrons. The number of hydrogen-bond donors (Lipinski definition) is 2. The Morgan fingerprint density at radius 1 is 1.28 bits per heavy atom. The summed E-state index contributed by atoms with van der Waals surface area (Å²) in [5, 5.41) is 3.16. The fourth-order valence-electron chi connectivity index (χ4n) is 1.55. The van der Waals surface area contributed by atoms with Crippen LogP contribution in [-0.4, -0.2) is 15.0 Å². The lowest BCUT2D eigenvalue weighted by Crippen LogP contribution is -2.03.